The van der Waals surface area contributed by atoms with Crippen LogP contribution in [0.25, 0.3) is 39.4 Å². The van der Waals surface area contributed by atoms with Crippen molar-refractivity contribution in [3.8, 4) is 28.3 Å². The maximum atomic E-state index is 13.1. The number of benzene rings is 2. The summed E-state index contributed by atoms with van der Waals surface area (Å²) in [7, 11) is 0. The minimum absolute atomic E-state index is 0.199. The van der Waals surface area contributed by atoms with Crippen molar-refractivity contribution < 1.29 is 0 Å². The summed E-state index contributed by atoms with van der Waals surface area (Å²) in [6, 6.07) is 21.8. The highest BCUT2D eigenvalue weighted by Gasteiger charge is 2.15. The summed E-state index contributed by atoms with van der Waals surface area (Å²) in [5, 5.41) is 9.27. The summed E-state index contributed by atoms with van der Waals surface area (Å²) in [5.74, 6) is 0.509. The summed E-state index contributed by atoms with van der Waals surface area (Å²) in [6.45, 7) is 2.05. The highest BCUT2D eigenvalue weighted by Crippen LogP contribution is 2.25. The van der Waals surface area contributed by atoms with E-state index in [-0.39, 0.29) is 5.56 Å². The molecule has 0 saturated carbocycles. The van der Waals surface area contributed by atoms with E-state index in [0.29, 0.717) is 15.3 Å². The summed E-state index contributed by atoms with van der Waals surface area (Å²) >= 11 is 1.31. The molecule has 0 radical (unpaired) electrons. The Kier molecular flexibility index (Phi) is 4.85. The van der Waals surface area contributed by atoms with Crippen LogP contribution in [-0.2, 0) is 0 Å². The van der Waals surface area contributed by atoms with Crippen LogP contribution in [0.4, 0.5) is 0 Å². The van der Waals surface area contributed by atoms with Crippen LogP contribution in [0.5, 0.6) is 0 Å². The lowest BCUT2D eigenvalue weighted by Gasteiger charge is -2.01. The number of nitrogens with zero attached hydrogens (tertiary/aromatic N) is 6. The van der Waals surface area contributed by atoms with Crippen LogP contribution < -0.4 is 10.1 Å². The van der Waals surface area contributed by atoms with E-state index < -0.39 is 0 Å². The van der Waals surface area contributed by atoms with E-state index in [9.17, 15) is 4.79 Å². The first-order valence-corrected chi connectivity index (χ1v) is 11.5. The molecule has 0 aliphatic rings. The second-order valence-electron chi connectivity index (χ2n) is 7.86. The molecule has 7 nitrogen and oxygen atoms in total. The highest BCUT2D eigenvalue weighted by molar-refractivity contribution is 7.15. The van der Waals surface area contributed by atoms with Gasteiger partial charge in [0.1, 0.15) is 0 Å². The molecule has 0 unspecified atom stereocenters. The standard InChI is InChI=1S/C26H18N6OS/c1-17-7-9-18(10-8-17)23-20(16-31(29-23)21-5-3-2-4-6-21)15-22-25(33)32-26(34-22)28-24(30-32)19-11-13-27-14-12-19/h2-16H,1H3/b22-15-. The number of pyridine rings is 1. The first-order valence-electron chi connectivity index (χ1n) is 10.7. The topological polar surface area (TPSA) is 78.0 Å². The Balaban J connectivity index is 1.50. The Morgan fingerprint density at radius 3 is 2.38 bits per heavy atom. The van der Waals surface area contributed by atoms with Gasteiger partial charge in [-0.05, 0) is 37.3 Å². The fraction of sp³-hybridized carbons (Fsp3) is 0.0385. The molecule has 164 valence electrons. The first-order chi connectivity index (χ1) is 16.7. The maximum absolute atomic E-state index is 13.1. The minimum Gasteiger partial charge on any atom is -0.266 e. The maximum Gasteiger partial charge on any atom is 0.291 e. The van der Waals surface area contributed by atoms with Crippen molar-refractivity contribution in [2.75, 3.05) is 0 Å². The van der Waals surface area contributed by atoms with Gasteiger partial charge in [-0.3, -0.25) is 9.78 Å². The predicted molar refractivity (Wildman–Crippen MR) is 133 cm³/mol. The molecule has 0 bridgehead atoms. The molecule has 6 aromatic rings. The van der Waals surface area contributed by atoms with E-state index in [2.05, 4.69) is 34.1 Å². The van der Waals surface area contributed by atoms with Crippen molar-refractivity contribution in [2.45, 2.75) is 6.92 Å². The fourth-order valence-corrected chi connectivity index (χ4v) is 4.64. The molecule has 0 aliphatic carbocycles. The molecule has 4 aromatic heterocycles. The Labute approximate surface area is 198 Å². The van der Waals surface area contributed by atoms with Crippen LogP contribution in [0.1, 0.15) is 11.1 Å². The van der Waals surface area contributed by atoms with Gasteiger partial charge in [-0.1, -0.05) is 59.4 Å². The van der Waals surface area contributed by atoms with Gasteiger partial charge in [0.25, 0.3) is 5.56 Å². The molecular weight excluding hydrogens is 444 g/mol. The molecule has 8 heteroatoms. The molecule has 6 rings (SSSR count). The molecule has 0 spiro atoms. The molecule has 4 heterocycles. The van der Waals surface area contributed by atoms with Gasteiger partial charge in [0.15, 0.2) is 5.82 Å². The molecule has 0 aliphatic heterocycles. The Morgan fingerprint density at radius 2 is 1.65 bits per heavy atom. The van der Waals surface area contributed by atoms with E-state index in [1.54, 1.807) is 12.4 Å². The summed E-state index contributed by atoms with van der Waals surface area (Å²) in [4.78, 5) is 22.3. The normalized spacial score (nSPS) is 12.0. The van der Waals surface area contributed by atoms with Crippen LogP contribution in [0.2, 0.25) is 0 Å². The zero-order valence-electron chi connectivity index (χ0n) is 18.2. The third-order valence-corrected chi connectivity index (χ3v) is 6.45. The van der Waals surface area contributed by atoms with Crippen LogP contribution in [0.3, 0.4) is 0 Å². The molecule has 0 fully saturated rings. The van der Waals surface area contributed by atoms with E-state index in [4.69, 9.17) is 5.10 Å². The number of aryl methyl sites for hydroxylation is 1. The fourth-order valence-electron chi connectivity index (χ4n) is 3.74. The largest absolute Gasteiger partial charge is 0.291 e. The number of hydrogen-bond donors (Lipinski definition) is 0. The summed E-state index contributed by atoms with van der Waals surface area (Å²) < 4.78 is 3.75. The van der Waals surface area contributed by atoms with Crippen molar-refractivity contribution in [1.29, 1.82) is 0 Å². The van der Waals surface area contributed by atoms with Crippen molar-refractivity contribution in [3.05, 3.63) is 111 Å². The molecular formula is C26H18N6OS. The second kappa shape index (κ2) is 8.17. The van der Waals surface area contributed by atoms with Crippen molar-refractivity contribution in [1.82, 2.24) is 29.4 Å². The Hall–Kier alpha value is -4.43. The third-order valence-electron chi connectivity index (χ3n) is 5.50. The number of para-hydroxylation sites is 1. The van der Waals surface area contributed by atoms with Crippen LogP contribution >= 0.6 is 11.3 Å². The van der Waals surface area contributed by atoms with Gasteiger partial charge >= 0.3 is 0 Å². The van der Waals surface area contributed by atoms with Crippen molar-refractivity contribution in [3.63, 3.8) is 0 Å². The van der Waals surface area contributed by atoms with E-state index in [1.807, 2.05) is 71.6 Å². The smallest absolute Gasteiger partial charge is 0.266 e. The molecule has 0 amide bonds. The predicted octanol–water partition coefficient (Wildman–Crippen LogP) is 3.92. The zero-order valence-corrected chi connectivity index (χ0v) is 19.0. The molecule has 34 heavy (non-hydrogen) atoms. The summed E-state index contributed by atoms with van der Waals surface area (Å²) in [5.41, 5.74) is 5.38. The lowest BCUT2D eigenvalue weighted by Crippen LogP contribution is -2.23. The Bertz CT molecular complexity index is 1720. The SMILES string of the molecule is Cc1ccc(-c2nn(-c3ccccc3)cc2/C=c2\sc3nc(-c4ccncc4)nn3c2=O)cc1. The van der Waals surface area contributed by atoms with Gasteiger partial charge in [0.05, 0.1) is 15.9 Å². The number of thiazole rings is 1. The lowest BCUT2D eigenvalue weighted by molar-refractivity contribution is 0.884. The Morgan fingerprint density at radius 1 is 0.882 bits per heavy atom. The molecule has 0 atom stereocenters. The number of fused-ring (bicyclic) bond motifs is 1. The average molecular weight is 463 g/mol. The highest BCUT2D eigenvalue weighted by atomic mass is 32.1. The van der Waals surface area contributed by atoms with Crippen LogP contribution in [0, 0.1) is 6.92 Å². The summed E-state index contributed by atoms with van der Waals surface area (Å²) in [6.07, 6.45) is 7.18. The number of hydrogen-bond acceptors (Lipinski definition) is 6. The van der Waals surface area contributed by atoms with E-state index in [1.165, 1.54) is 21.4 Å². The number of rotatable bonds is 4. The van der Waals surface area contributed by atoms with Crippen molar-refractivity contribution in [2.24, 2.45) is 0 Å². The van der Waals surface area contributed by atoms with Gasteiger partial charge in [-0.25, -0.2) is 4.68 Å². The molecule has 0 N–H and O–H groups in total. The van der Waals surface area contributed by atoms with Crippen molar-refractivity contribution >= 4 is 22.4 Å². The lowest BCUT2D eigenvalue weighted by atomic mass is 10.1. The quantitative estimate of drug-likeness (QED) is 0.397. The second-order valence-corrected chi connectivity index (χ2v) is 8.87. The van der Waals surface area contributed by atoms with Gasteiger partial charge in [0.2, 0.25) is 4.96 Å². The van der Waals surface area contributed by atoms with Gasteiger partial charge in [-0.2, -0.15) is 14.6 Å². The van der Waals surface area contributed by atoms with Crippen LogP contribution in [-0.4, -0.2) is 29.4 Å². The first kappa shape index (κ1) is 20.2. The monoisotopic (exact) mass is 462 g/mol. The van der Waals surface area contributed by atoms with Crippen LogP contribution in [0.15, 0.2) is 90.1 Å². The van der Waals surface area contributed by atoms with Gasteiger partial charge < -0.3 is 0 Å². The molecule has 0 saturated heterocycles. The minimum atomic E-state index is -0.199. The van der Waals surface area contributed by atoms with E-state index >= 15 is 0 Å². The van der Waals surface area contributed by atoms with Gasteiger partial charge in [0, 0.05) is 35.3 Å². The average Bonchev–Trinajstić information content (AvgIpc) is 3.56. The van der Waals surface area contributed by atoms with Gasteiger partial charge in [-0.15, -0.1) is 5.10 Å². The zero-order chi connectivity index (χ0) is 23.1. The van der Waals surface area contributed by atoms with E-state index in [0.717, 1.165) is 28.1 Å². The third kappa shape index (κ3) is 3.60. The molecule has 2 aromatic carbocycles. The number of aromatic nitrogens is 6.